The van der Waals surface area contributed by atoms with Gasteiger partial charge in [0.2, 0.25) is 5.95 Å². The van der Waals surface area contributed by atoms with Gasteiger partial charge in [-0.2, -0.15) is 0 Å². The Hall–Kier alpha value is -3.63. The van der Waals surface area contributed by atoms with Gasteiger partial charge in [-0.3, -0.25) is 4.79 Å². The summed E-state index contributed by atoms with van der Waals surface area (Å²) >= 11 is 1.31. The lowest BCUT2D eigenvalue weighted by Crippen LogP contribution is -2.31. The van der Waals surface area contributed by atoms with Crippen LogP contribution in [0.3, 0.4) is 0 Å². The van der Waals surface area contributed by atoms with Crippen LogP contribution < -0.4 is 20.7 Å². The summed E-state index contributed by atoms with van der Waals surface area (Å²) in [6.45, 7) is 6.03. The molecule has 194 valence electrons. The molecule has 5 rings (SSSR count). The van der Waals surface area contributed by atoms with Crippen LogP contribution in [0.25, 0.3) is 21.5 Å². The molecule has 1 aliphatic heterocycles. The summed E-state index contributed by atoms with van der Waals surface area (Å²) in [6, 6.07) is 10.6. The minimum atomic E-state index is -0.477. The van der Waals surface area contributed by atoms with E-state index in [-0.39, 0.29) is 6.10 Å². The number of nitrogens with two attached hydrogens (primary N) is 1. The maximum atomic E-state index is 12.3. The number of primary amides is 1. The number of aryl methyl sites for hydroxylation is 1. The minimum Gasteiger partial charge on any atom is -0.489 e. The number of hydrogen-bond acceptors (Lipinski definition) is 8. The molecule has 0 bridgehead atoms. The number of carbonyl (C=O) groups excluding carboxylic acids is 1. The van der Waals surface area contributed by atoms with Crippen molar-refractivity contribution in [3.63, 3.8) is 0 Å². The zero-order valence-electron chi connectivity index (χ0n) is 21.9. The van der Waals surface area contributed by atoms with Crippen LogP contribution in [0.2, 0.25) is 0 Å². The first-order valence-electron chi connectivity index (χ1n) is 12.4. The van der Waals surface area contributed by atoms with E-state index in [1.165, 1.54) is 11.3 Å². The Kier molecular flexibility index (Phi) is 6.78. The van der Waals surface area contributed by atoms with Crippen molar-refractivity contribution < 1.29 is 9.53 Å². The molecule has 10 heteroatoms. The molecule has 37 heavy (non-hydrogen) atoms. The van der Waals surface area contributed by atoms with Crippen molar-refractivity contribution in [2.24, 2.45) is 12.8 Å². The predicted molar refractivity (Wildman–Crippen MR) is 150 cm³/mol. The van der Waals surface area contributed by atoms with E-state index in [1.807, 2.05) is 49.9 Å². The maximum absolute atomic E-state index is 12.3. The van der Waals surface area contributed by atoms with Crippen LogP contribution in [0, 0.1) is 0 Å². The molecule has 1 unspecified atom stereocenters. The highest BCUT2D eigenvalue weighted by molar-refractivity contribution is 7.21. The third kappa shape index (κ3) is 4.99. The van der Waals surface area contributed by atoms with Crippen LogP contribution in [0.4, 0.5) is 17.3 Å². The fourth-order valence-corrected chi connectivity index (χ4v) is 5.74. The number of rotatable bonds is 8. The molecule has 4 aromatic rings. The number of nitrogens with zero attached hydrogens (tertiary/aromatic N) is 5. The number of fused-ring (bicyclic) bond motifs is 1. The van der Waals surface area contributed by atoms with Crippen LogP contribution in [-0.2, 0) is 7.05 Å². The first-order valence-corrected chi connectivity index (χ1v) is 13.2. The molecule has 1 aromatic carbocycles. The van der Waals surface area contributed by atoms with Gasteiger partial charge in [-0.15, -0.1) is 11.3 Å². The Morgan fingerprint density at radius 3 is 2.76 bits per heavy atom. The molecule has 1 amide bonds. The van der Waals surface area contributed by atoms with E-state index >= 15 is 0 Å². The van der Waals surface area contributed by atoms with E-state index in [0.717, 1.165) is 52.6 Å². The fraction of sp³-hybridized carbons (Fsp3) is 0.370. The summed E-state index contributed by atoms with van der Waals surface area (Å²) in [5, 5.41) is 3.35. The summed E-state index contributed by atoms with van der Waals surface area (Å²) in [7, 11) is 6.20. The van der Waals surface area contributed by atoms with Gasteiger partial charge in [-0.05, 0) is 58.6 Å². The van der Waals surface area contributed by atoms with Gasteiger partial charge in [-0.25, -0.2) is 9.97 Å². The quantitative estimate of drug-likeness (QED) is 0.354. The van der Waals surface area contributed by atoms with Crippen LogP contribution in [0.1, 0.15) is 29.9 Å². The number of ether oxygens (including phenoxy) is 1. The molecule has 0 radical (unpaired) electrons. The Balaban J connectivity index is 1.50. The highest BCUT2D eigenvalue weighted by Gasteiger charge is 2.25. The van der Waals surface area contributed by atoms with E-state index < -0.39 is 5.91 Å². The Labute approximate surface area is 220 Å². The van der Waals surface area contributed by atoms with E-state index in [9.17, 15) is 4.79 Å². The second-order valence-corrected chi connectivity index (χ2v) is 11.0. The lowest BCUT2D eigenvalue weighted by molar-refractivity contribution is 0.100. The number of anilines is 3. The SMILES string of the molecule is CC(C)Oc1cc(N2CCC(N(C)C)C2)ccc1Nc1ncc2sc(C(N)=O)c(-c3cccn3C)c2n1. The van der Waals surface area contributed by atoms with Crippen molar-refractivity contribution in [1.82, 2.24) is 19.4 Å². The summed E-state index contributed by atoms with van der Waals surface area (Å²) in [6.07, 6.45) is 4.81. The summed E-state index contributed by atoms with van der Waals surface area (Å²) in [5.74, 6) is 0.692. The summed E-state index contributed by atoms with van der Waals surface area (Å²) in [4.78, 5) is 26.7. The number of carbonyl (C=O) groups is 1. The predicted octanol–water partition coefficient (Wildman–Crippen LogP) is 4.47. The number of likely N-dealkylation sites (N-methyl/N-ethyl adjacent to an activating group) is 1. The van der Waals surface area contributed by atoms with Crippen LogP contribution in [-0.4, -0.2) is 64.7 Å². The first-order chi connectivity index (χ1) is 17.7. The lowest BCUT2D eigenvalue weighted by Gasteiger charge is -2.23. The van der Waals surface area contributed by atoms with Gasteiger partial charge in [0, 0.05) is 49.7 Å². The number of nitrogens with one attached hydrogen (secondary N) is 1. The largest absolute Gasteiger partial charge is 0.489 e. The maximum Gasteiger partial charge on any atom is 0.259 e. The topological polar surface area (TPSA) is 102 Å². The van der Waals surface area contributed by atoms with Gasteiger partial charge in [0.15, 0.2) is 0 Å². The van der Waals surface area contributed by atoms with E-state index in [1.54, 1.807) is 6.20 Å². The molecule has 1 saturated heterocycles. The zero-order chi connectivity index (χ0) is 26.3. The van der Waals surface area contributed by atoms with Gasteiger partial charge in [-0.1, -0.05) is 0 Å². The Bertz CT molecular complexity index is 1440. The van der Waals surface area contributed by atoms with Crippen molar-refractivity contribution >= 4 is 44.8 Å². The van der Waals surface area contributed by atoms with Gasteiger partial charge < -0.3 is 30.2 Å². The Morgan fingerprint density at radius 2 is 2.11 bits per heavy atom. The first kappa shape index (κ1) is 25.0. The molecule has 0 aliphatic carbocycles. The molecule has 3 aromatic heterocycles. The van der Waals surface area contributed by atoms with Crippen molar-refractivity contribution in [2.45, 2.75) is 32.4 Å². The average Bonchev–Trinajstić information content (AvgIpc) is 3.58. The molecule has 4 heterocycles. The van der Waals surface area contributed by atoms with Crippen molar-refractivity contribution in [1.29, 1.82) is 0 Å². The monoisotopic (exact) mass is 519 g/mol. The average molecular weight is 520 g/mol. The number of thiophene rings is 1. The van der Waals surface area contributed by atoms with Crippen molar-refractivity contribution in [2.75, 3.05) is 37.4 Å². The van der Waals surface area contributed by atoms with Gasteiger partial charge in [0.1, 0.15) is 10.6 Å². The summed E-state index contributed by atoms with van der Waals surface area (Å²) < 4.78 is 8.95. The van der Waals surface area contributed by atoms with E-state index in [4.69, 9.17) is 15.5 Å². The molecule has 1 atom stereocenters. The molecular formula is C27H33N7O2S. The number of amides is 1. The van der Waals surface area contributed by atoms with E-state index in [0.29, 0.717) is 22.4 Å². The second kappa shape index (κ2) is 10.0. The smallest absolute Gasteiger partial charge is 0.259 e. The van der Waals surface area contributed by atoms with E-state index in [2.05, 4.69) is 46.3 Å². The highest BCUT2D eigenvalue weighted by Crippen LogP contribution is 2.39. The van der Waals surface area contributed by atoms with Gasteiger partial charge >= 0.3 is 0 Å². The number of aromatic nitrogens is 3. The normalized spacial score (nSPS) is 15.8. The molecule has 0 saturated carbocycles. The van der Waals surface area contributed by atoms with Crippen LogP contribution >= 0.6 is 11.3 Å². The molecule has 1 aliphatic rings. The second-order valence-electron chi connectivity index (χ2n) is 9.91. The minimum absolute atomic E-state index is 0.00578. The molecule has 0 spiro atoms. The fourth-order valence-electron chi connectivity index (χ4n) is 4.77. The molecular weight excluding hydrogens is 486 g/mol. The zero-order valence-corrected chi connectivity index (χ0v) is 22.7. The molecule has 3 N–H and O–H groups in total. The molecule has 9 nitrogen and oxygen atoms in total. The Morgan fingerprint density at radius 1 is 1.30 bits per heavy atom. The third-order valence-corrected chi connectivity index (χ3v) is 7.82. The highest BCUT2D eigenvalue weighted by atomic mass is 32.1. The standard InChI is InChI=1S/C27H33N7O2S/c1-16(2)36-21-13-17(34-12-10-18(15-34)32(3)4)8-9-19(21)30-27-29-14-22-24(31-27)23(25(37-22)26(28)35)20-7-6-11-33(20)5/h6-9,11,13-14,16,18H,10,12,15H2,1-5H3,(H2,28,35)(H,29,30,31). The lowest BCUT2D eigenvalue weighted by atomic mass is 10.1. The van der Waals surface area contributed by atoms with Gasteiger partial charge in [0.25, 0.3) is 5.91 Å². The number of benzene rings is 1. The van der Waals surface area contributed by atoms with Crippen molar-refractivity contribution in [3.8, 4) is 17.0 Å². The third-order valence-electron chi connectivity index (χ3n) is 6.69. The summed E-state index contributed by atoms with van der Waals surface area (Å²) in [5.41, 5.74) is 9.94. The van der Waals surface area contributed by atoms with Gasteiger partial charge in [0.05, 0.1) is 33.9 Å². The molecule has 1 fully saturated rings. The number of hydrogen-bond donors (Lipinski definition) is 2. The van der Waals surface area contributed by atoms with Crippen LogP contribution in [0.15, 0.2) is 42.7 Å². The van der Waals surface area contributed by atoms with Crippen LogP contribution in [0.5, 0.6) is 5.75 Å². The van der Waals surface area contributed by atoms with Crippen molar-refractivity contribution in [3.05, 3.63) is 47.6 Å².